The van der Waals surface area contributed by atoms with E-state index < -0.39 is 6.04 Å². The Hall–Kier alpha value is -3.16. The average Bonchev–Trinajstić information content (AvgIpc) is 3.15. The molecule has 0 radical (unpaired) electrons. The number of benzene rings is 1. The van der Waals surface area contributed by atoms with Gasteiger partial charge in [-0.2, -0.15) is 5.10 Å². The highest BCUT2D eigenvalue weighted by Crippen LogP contribution is 2.15. The van der Waals surface area contributed by atoms with E-state index in [-0.39, 0.29) is 17.6 Å². The van der Waals surface area contributed by atoms with Crippen LogP contribution in [0.4, 0.5) is 5.69 Å². The van der Waals surface area contributed by atoms with Crippen molar-refractivity contribution in [3.05, 3.63) is 48.8 Å². The fraction of sp³-hybridized carbons (Fsp3) is 0.294. The Morgan fingerprint density at radius 1 is 1.28 bits per heavy atom. The van der Waals surface area contributed by atoms with Crippen LogP contribution < -0.4 is 15.8 Å². The predicted molar refractivity (Wildman–Crippen MR) is 93.8 cm³/mol. The molecule has 2 aromatic rings. The van der Waals surface area contributed by atoms with Gasteiger partial charge in [-0.15, -0.1) is 0 Å². The number of aryl methyl sites for hydroxylation is 1. The Kier molecular flexibility index (Phi) is 5.08. The summed E-state index contributed by atoms with van der Waals surface area (Å²) in [5, 5.41) is 8.28. The summed E-state index contributed by atoms with van der Waals surface area (Å²) in [6.07, 6.45) is 4.34. The van der Waals surface area contributed by atoms with Gasteiger partial charge in [0.2, 0.25) is 5.84 Å². The van der Waals surface area contributed by atoms with Crippen LogP contribution in [-0.2, 0) is 16.1 Å². The van der Waals surface area contributed by atoms with Crippen molar-refractivity contribution in [1.29, 1.82) is 0 Å². The highest BCUT2D eigenvalue weighted by Gasteiger charge is 2.30. The molecule has 0 bridgehead atoms. The van der Waals surface area contributed by atoms with E-state index in [0.29, 0.717) is 12.2 Å². The Bertz CT molecular complexity index is 757. The van der Waals surface area contributed by atoms with Gasteiger partial charge in [0.05, 0.1) is 5.69 Å². The third kappa shape index (κ3) is 4.03. The Morgan fingerprint density at radius 3 is 2.80 bits per heavy atom. The van der Waals surface area contributed by atoms with Crippen molar-refractivity contribution < 1.29 is 9.59 Å². The van der Waals surface area contributed by atoms with E-state index in [4.69, 9.17) is 0 Å². The first-order valence-electron chi connectivity index (χ1n) is 8.14. The summed E-state index contributed by atoms with van der Waals surface area (Å²) < 4.78 is 1.81. The summed E-state index contributed by atoms with van der Waals surface area (Å²) >= 11 is 0. The molecule has 1 aromatic heterocycles. The maximum atomic E-state index is 12.3. The molecular formula is C17H20N6O2. The topological polar surface area (TPSA) is 91.6 Å². The summed E-state index contributed by atoms with van der Waals surface area (Å²) in [7, 11) is 0. The van der Waals surface area contributed by atoms with E-state index in [2.05, 4.69) is 20.8 Å². The normalized spacial score (nSPS) is 17.0. The van der Waals surface area contributed by atoms with Gasteiger partial charge in [0.25, 0.3) is 11.8 Å². The molecule has 3 rings (SSSR count). The lowest BCUT2D eigenvalue weighted by Crippen LogP contribution is -2.58. The Balaban J connectivity index is 1.58. The Morgan fingerprint density at radius 2 is 2.08 bits per heavy atom. The van der Waals surface area contributed by atoms with Crippen LogP contribution in [0.3, 0.4) is 0 Å². The molecule has 0 unspecified atom stereocenters. The van der Waals surface area contributed by atoms with Gasteiger partial charge in [-0.1, -0.05) is 18.2 Å². The molecule has 25 heavy (non-hydrogen) atoms. The Labute approximate surface area is 145 Å². The third-order valence-corrected chi connectivity index (χ3v) is 3.76. The summed E-state index contributed by atoms with van der Waals surface area (Å²) in [6, 6.07) is 10.3. The molecule has 0 spiro atoms. The van der Waals surface area contributed by atoms with Crippen molar-refractivity contribution in [2.75, 3.05) is 11.6 Å². The third-order valence-electron chi connectivity index (χ3n) is 3.76. The number of amidine groups is 1. The zero-order valence-electron chi connectivity index (χ0n) is 13.9. The molecule has 2 amide bonds. The van der Waals surface area contributed by atoms with Crippen molar-refractivity contribution in [2.24, 2.45) is 4.99 Å². The fourth-order valence-corrected chi connectivity index (χ4v) is 2.46. The van der Waals surface area contributed by atoms with E-state index in [1.54, 1.807) is 29.9 Å². The van der Waals surface area contributed by atoms with Gasteiger partial charge in [-0.05, 0) is 31.5 Å². The maximum Gasteiger partial charge on any atom is 0.288 e. The highest BCUT2D eigenvalue weighted by molar-refractivity contribution is 6.39. The molecule has 1 aliphatic heterocycles. The number of hydrogen-bond donors (Lipinski definition) is 2. The van der Waals surface area contributed by atoms with Gasteiger partial charge in [-0.3, -0.25) is 19.7 Å². The number of nitrogens with zero attached hydrogens (tertiary/aromatic N) is 4. The zero-order chi connectivity index (χ0) is 17.6. The van der Waals surface area contributed by atoms with Gasteiger partial charge >= 0.3 is 0 Å². The standard InChI is InChI=1S/C17H20N6O2/c1-13-17(25)23(14-7-3-2-4-8-14)21-15(20-13)16(24)18-9-5-11-22-12-6-10-19-22/h2-4,6-8,10,12-13H,5,9,11H2,1H3,(H,18,24)(H,20,21)/t13-/m0/s1. The van der Waals surface area contributed by atoms with Gasteiger partial charge in [-0.25, -0.2) is 10.0 Å². The van der Waals surface area contributed by atoms with Crippen LogP contribution in [-0.4, -0.2) is 40.0 Å². The van der Waals surface area contributed by atoms with Crippen LogP contribution in [0.15, 0.2) is 53.8 Å². The van der Waals surface area contributed by atoms with Crippen molar-refractivity contribution >= 4 is 23.3 Å². The van der Waals surface area contributed by atoms with E-state index in [0.717, 1.165) is 13.0 Å². The van der Waals surface area contributed by atoms with Crippen LogP contribution in [0.25, 0.3) is 0 Å². The quantitative estimate of drug-likeness (QED) is 0.758. The number of hydrogen-bond acceptors (Lipinski definition) is 5. The molecule has 1 aromatic carbocycles. The largest absolute Gasteiger partial charge is 0.349 e. The number of hydrazine groups is 1. The molecule has 0 saturated carbocycles. The second-order valence-corrected chi connectivity index (χ2v) is 5.65. The minimum absolute atomic E-state index is 0.134. The minimum Gasteiger partial charge on any atom is -0.349 e. The van der Waals surface area contributed by atoms with Gasteiger partial charge in [0.1, 0.15) is 6.04 Å². The van der Waals surface area contributed by atoms with E-state index in [1.807, 2.05) is 30.5 Å². The first kappa shape index (κ1) is 16.7. The summed E-state index contributed by atoms with van der Waals surface area (Å²) in [5.41, 5.74) is 3.47. The SMILES string of the molecule is C[C@@H]1N=C(C(=O)NCCCn2cccn2)NN(c2ccccc2)C1=O. The number of nitrogens with one attached hydrogen (secondary N) is 2. The summed E-state index contributed by atoms with van der Waals surface area (Å²) in [6.45, 7) is 2.88. The second kappa shape index (κ2) is 7.61. The highest BCUT2D eigenvalue weighted by atomic mass is 16.2. The molecule has 130 valence electrons. The molecular weight excluding hydrogens is 320 g/mol. The zero-order valence-corrected chi connectivity index (χ0v) is 13.9. The first-order valence-corrected chi connectivity index (χ1v) is 8.14. The lowest BCUT2D eigenvalue weighted by atomic mass is 10.2. The molecule has 8 heteroatoms. The van der Waals surface area contributed by atoms with E-state index in [1.165, 1.54) is 5.01 Å². The number of carbonyl (C=O) groups excluding carboxylic acids is 2. The minimum atomic E-state index is -0.619. The second-order valence-electron chi connectivity index (χ2n) is 5.65. The molecule has 2 N–H and O–H groups in total. The molecule has 8 nitrogen and oxygen atoms in total. The number of aliphatic imine (C=N–C) groups is 1. The maximum absolute atomic E-state index is 12.3. The molecule has 1 aliphatic rings. The molecule has 0 fully saturated rings. The van der Waals surface area contributed by atoms with Crippen LogP contribution in [0.1, 0.15) is 13.3 Å². The molecule has 0 saturated heterocycles. The van der Waals surface area contributed by atoms with Crippen molar-refractivity contribution in [2.45, 2.75) is 25.9 Å². The fourth-order valence-electron chi connectivity index (χ4n) is 2.46. The number of anilines is 1. The predicted octanol–water partition coefficient (Wildman–Crippen LogP) is 0.728. The van der Waals surface area contributed by atoms with Crippen LogP contribution >= 0.6 is 0 Å². The molecule has 0 aliphatic carbocycles. The lowest BCUT2D eigenvalue weighted by molar-refractivity contribution is -0.120. The number of para-hydroxylation sites is 1. The van der Waals surface area contributed by atoms with Crippen LogP contribution in [0.5, 0.6) is 0 Å². The van der Waals surface area contributed by atoms with Crippen LogP contribution in [0.2, 0.25) is 0 Å². The summed E-state index contributed by atoms with van der Waals surface area (Å²) in [4.78, 5) is 28.8. The van der Waals surface area contributed by atoms with Gasteiger partial charge in [0.15, 0.2) is 0 Å². The first-order chi connectivity index (χ1) is 12.1. The average molecular weight is 340 g/mol. The van der Waals surface area contributed by atoms with Crippen molar-refractivity contribution in [1.82, 2.24) is 20.5 Å². The molecule has 2 heterocycles. The summed E-state index contributed by atoms with van der Waals surface area (Å²) in [5.74, 6) is -0.405. The molecule has 1 atom stereocenters. The van der Waals surface area contributed by atoms with Crippen molar-refractivity contribution in [3.8, 4) is 0 Å². The lowest BCUT2D eigenvalue weighted by Gasteiger charge is -2.30. The van der Waals surface area contributed by atoms with E-state index in [9.17, 15) is 9.59 Å². The van der Waals surface area contributed by atoms with Crippen molar-refractivity contribution in [3.63, 3.8) is 0 Å². The number of amides is 2. The van der Waals surface area contributed by atoms with E-state index >= 15 is 0 Å². The number of aromatic nitrogens is 2. The number of carbonyl (C=O) groups is 2. The number of rotatable bonds is 6. The monoisotopic (exact) mass is 340 g/mol. The van der Waals surface area contributed by atoms with Gasteiger partial charge in [0, 0.05) is 25.5 Å². The smallest absolute Gasteiger partial charge is 0.288 e. The van der Waals surface area contributed by atoms with Crippen LogP contribution in [0, 0.1) is 0 Å². The van der Waals surface area contributed by atoms with Gasteiger partial charge < -0.3 is 5.32 Å².